The number of aryl methyl sites for hydroxylation is 1. The van der Waals surface area contributed by atoms with Crippen LogP contribution < -0.4 is 4.74 Å². The van der Waals surface area contributed by atoms with Gasteiger partial charge in [-0.25, -0.2) is 13.2 Å². The minimum absolute atomic E-state index is 0.0833. The second-order valence-electron chi connectivity index (χ2n) is 5.46. The van der Waals surface area contributed by atoms with Crippen molar-refractivity contribution in [2.24, 2.45) is 5.92 Å². The van der Waals surface area contributed by atoms with E-state index in [0.29, 0.717) is 17.9 Å². The number of sulfone groups is 1. The predicted molar refractivity (Wildman–Crippen MR) is 78.1 cm³/mol. The minimum Gasteiger partial charge on any atom is -0.425 e. The van der Waals surface area contributed by atoms with E-state index in [-0.39, 0.29) is 11.5 Å². The lowest BCUT2D eigenvalue weighted by atomic mass is 10.2. The van der Waals surface area contributed by atoms with Crippen LogP contribution in [0.5, 0.6) is 5.75 Å². The number of carbonyl (C=O) groups is 1. The first-order valence-corrected chi connectivity index (χ1v) is 8.84. The Bertz CT molecular complexity index is 617. The van der Waals surface area contributed by atoms with Gasteiger partial charge < -0.3 is 9.47 Å². The van der Waals surface area contributed by atoms with E-state index in [4.69, 9.17) is 9.47 Å². The SMILES string of the molecule is Cc1cc(S(C)(=O)=O)ccc1OC(=O)COCCC1CC1. The maximum absolute atomic E-state index is 11.6. The molecule has 1 aromatic rings. The Balaban J connectivity index is 1.85. The monoisotopic (exact) mass is 312 g/mol. The lowest BCUT2D eigenvalue weighted by molar-refractivity contribution is -0.139. The van der Waals surface area contributed by atoms with E-state index in [0.717, 1.165) is 18.6 Å². The average Bonchev–Trinajstić information content (AvgIpc) is 3.20. The topological polar surface area (TPSA) is 69.7 Å². The fraction of sp³-hybridized carbons (Fsp3) is 0.533. The Morgan fingerprint density at radius 2 is 2.05 bits per heavy atom. The molecular weight excluding hydrogens is 292 g/mol. The summed E-state index contributed by atoms with van der Waals surface area (Å²) in [5.74, 6) is 0.658. The molecule has 0 bridgehead atoms. The van der Waals surface area contributed by atoms with E-state index in [9.17, 15) is 13.2 Å². The zero-order chi connectivity index (χ0) is 15.5. The molecule has 0 N–H and O–H groups in total. The fourth-order valence-corrected chi connectivity index (χ4v) is 2.64. The van der Waals surface area contributed by atoms with Crippen LogP contribution in [-0.4, -0.2) is 33.9 Å². The van der Waals surface area contributed by atoms with Gasteiger partial charge in [-0.05, 0) is 43.0 Å². The largest absolute Gasteiger partial charge is 0.425 e. The van der Waals surface area contributed by atoms with E-state index in [1.54, 1.807) is 6.92 Å². The van der Waals surface area contributed by atoms with Gasteiger partial charge in [0.25, 0.3) is 0 Å². The summed E-state index contributed by atoms with van der Waals surface area (Å²) in [6, 6.07) is 4.42. The summed E-state index contributed by atoms with van der Waals surface area (Å²) in [6.07, 6.45) is 4.66. The van der Waals surface area contributed by atoms with Crippen LogP contribution in [0.3, 0.4) is 0 Å². The Morgan fingerprint density at radius 3 is 2.62 bits per heavy atom. The third kappa shape index (κ3) is 5.13. The first kappa shape index (κ1) is 16.0. The molecular formula is C15H20O5S. The van der Waals surface area contributed by atoms with E-state index in [1.807, 2.05) is 0 Å². The van der Waals surface area contributed by atoms with Crippen molar-refractivity contribution in [3.8, 4) is 5.75 Å². The van der Waals surface area contributed by atoms with Crippen molar-refractivity contribution in [2.75, 3.05) is 19.5 Å². The van der Waals surface area contributed by atoms with Gasteiger partial charge in [0.2, 0.25) is 0 Å². The lowest BCUT2D eigenvalue weighted by Crippen LogP contribution is -2.16. The molecule has 0 spiro atoms. The molecule has 1 aliphatic rings. The quantitative estimate of drug-likeness (QED) is 0.438. The number of rotatable bonds is 7. The number of hydrogen-bond donors (Lipinski definition) is 0. The van der Waals surface area contributed by atoms with Crippen molar-refractivity contribution in [2.45, 2.75) is 31.1 Å². The Morgan fingerprint density at radius 1 is 1.33 bits per heavy atom. The van der Waals surface area contributed by atoms with Crippen LogP contribution in [0.15, 0.2) is 23.1 Å². The average molecular weight is 312 g/mol. The van der Waals surface area contributed by atoms with Crippen molar-refractivity contribution < 1.29 is 22.7 Å². The maximum atomic E-state index is 11.6. The third-order valence-corrected chi connectivity index (χ3v) is 4.50. The molecule has 5 nitrogen and oxygen atoms in total. The van der Waals surface area contributed by atoms with Gasteiger partial charge in [0.1, 0.15) is 12.4 Å². The van der Waals surface area contributed by atoms with Crippen LogP contribution in [0.1, 0.15) is 24.8 Å². The molecule has 116 valence electrons. The van der Waals surface area contributed by atoms with Gasteiger partial charge in [-0.15, -0.1) is 0 Å². The minimum atomic E-state index is -3.26. The second-order valence-corrected chi connectivity index (χ2v) is 7.47. The summed E-state index contributed by atoms with van der Waals surface area (Å²) in [5, 5.41) is 0. The van der Waals surface area contributed by atoms with Gasteiger partial charge in [0.15, 0.2) is 9.84 Å². The van der Waals surface area contributed by atoms with Gasteiger partial charge in [0, 0.05) is 12.9 Å². The van der Waals surface area contributed by atoms with Crippen molar-refractivity contribution in [1.29, 1.82) is 0 Å². The summed E-state index contributed by atoms with van der Waals surface area (Å²) < 4.78 is 33.3. The Kier molecular flexibility index (Phi) is 5.00. The normalized spacial score (nSPS) is 15.0. The fourth-order valence-electron chi connectivity index (χ4n) is 1.93. The zero-order valence-corrected chi connectivity index (χ0v) is 13.1. The van der Waals surface area contributed by atoms with Crippen LogP contribution in [0.2, 0.25) is 0 Å². The molecule has 0 atom stereocenters. The number of hydrogen-bond acceptors (Lipinski definition) is 5. The first-order chi connectivity index (χ1) is 9.86. The molecule has 0 unspecified atom stereocenters. The molecule has 0 aliphatic heterocycles. The highest BCUT2D eigenvalue weighted by Crippen LogP contribution is 2.32. The lowest BCUT2D eigenvalue weighted by Gasteiger charge is -2.09. The standard InChI is InChI=1S/C15H20O5S/c1-11-9-13(21(2,17)18)5-6-14(11)20-15(16)10-19-8-7-12-3-4-12/h5-6,9,12H,3-4,7-8,10H2,1-2H3. The summed E-state index contributed by atoms with van der Waals surface area (Å²) >= 11 is 0. The maximum Gasteiger partial charge on any atom is 0.337 e. The predicted octanol–water partition coefficient (Wildman–Crippen LogP) is 2.12. The van der Waals surface area contributed by atoms with E-state index in [1.165, 1.54) is 31.0 Å². The highest BCUT2D eigenvalue weighted by atomic mass is 32.2. The molecule has 21 heavy (non-hydrogen) atoms. The van der Waals surface area contributed by atoms with E-state index >= 15 is 0 Å². The van der Waals surface area contributed by atoms with Gasteiger partial charge in [-0.3, -0.25) is 0 Å². The molecule has 1 aliphatic carbocycles. The molecule has 1 aromatic carbocycles. The number of benzene rings is 1. The molecule has 1 saturated carbocycles. The van der Waals surface area contributed by atoms with Crippen molar-refractivity contribution in [3.05, 3.63) is 23.8 Å². The molecule has 6 heteroatoms. The molecule has 1 fully saturated rings. The second kappa shape index (κ2) is 6.58. The number of ether oxygens (including phenoxy) is 2. The van der Waals surface area contributed by atoms with Gasteiger partial charge >= 0.3 is 5.97 Å². The molecule has 0 saturated heterocycles. The van der Waals surface area contributed by atoms with Crippen LogP contribution >= 0.6 is 0 Å². The Labute approximate surface area is 125 Å². The highest BCUT2D eigenvalue weighted by molar-refractivity contribution is 7.90. The Hall–Kier alpha value is -1.40. The summed E-state index contributed by atoms with van der Waals surface area (Å²) in [4.78, 5) is 11.9. The van der Waals surface area contributed by atoms with Crippen LogP contribution in [-0.2, 0) is 19.4 Å². The molecule has 0 radical (unpaired) electrons. The third-order valence-electron chi connectivity index (χ3n) is 3.39. The van der Waals surface area contributed by atoms with E-state index < -0.39 is 15.8 Å². The van der Waals surface area contributed by atoms with Gasteiger partial charge in [0.05, 0.1) is 4.90 Å². The molecule has 2 rings (SSSR count). The van der Waals surface area contributed by atoms with Crippen molar-refractivity contribution >= 4 is 15.8 Å². The van der Waals surface area contributed by atoms with Crippen LogP contribution in [0, 0.1) is 12.8 Å². The summed E-state index contributed by atoms with van der Waals surface area (Å²) in [7, 11) is -3.26. The molecule has 0 aromatic heterocycles. The summed E-state index contributed by atoms with van der Waals surface area (Å²) in [6.45, 7) is 2.19. The number of esters is 1. The first-order valence-electron chi connectivity index (χ1n) is 6.95. The van der Waals surface area contributed by atoms with Gasteiger partial charge in [-0.1, -0.05) is 12.8 Å². The number of carbonyl (C=O) groups excluding carboxylic acids is 1. The van der Waals surface area contributed by atoms with E-state index in [2.05, 4.69) is 0 Å². The van der Waals surface area contributed by atoms with Gasteiger partial charge in [-0.2, -0.15) is 0 Å². The highest BCUT2D eigenvalue weighted by Gasteiger charge is 2.20. The van der Waals surface area contributed by atoms with Crippen LogP contribution in [0.4, 0.5) is 0 Å². The zero-order valence-electron chi connectivity index (χ0n) is 12.3. The van der Waals surface area contributed by atoms with Crippen molar-refractivity contribution in [1.82, 2.24) is 0 Å². The van der Waals surface area contributed by atoms with Crippen LogP contribution in [0.25, 0.3) is 0 Å². The molecule has 0 amide bonds. The summed E-state index contributed by atoms with van der Waals surface area (Å²) in [5.41, 5.74) is 0.601. The van der Waals surface area contributed by atoms with Crippen molar-refractivity contribution in [3.63, 3.8) is 0 Å². The smallest absolute Gasteiger partial charge is 0.337 e. The molecule has 0 heterocycles.